The lowest BCUT2D eigenvalue weighted by Crippen LogP contribution is -2.53. The Morgan fingerprint density at radius 2 is 1.96 bits per heavy atom. The Balaban J connectivity index is 1.68. The van der Waals surface area contributed by atoms with Gasteiger partial charge in [0.1, 0.15) is 0 Å². The molecule has 2 aliphatic rings. The normalized spacial score (nSPS) is 26.2. The van der Waals surface area contributed by atoms with E-state index in [2.05, 4.69) is 67.1 Å². The number of hydrogen-bond donors (Lipinski definition) is 3. The Morgan fingerprint density at radius 3 is 2.58 bits per heavy atom. The molecule has 0 amide bonds. The lowest BCUT2D eigenvalue weighted by atomic mass is 9.88. The van der Waals surface area contributed by atoms with Crippen LogP contribution in [0.15, 0.2) is 35.3 Å². The minimum atomic E-state index is -0.00890. The molecule has 1 heterocycles. The van der Waals surface area contributed by atoms with E-state index in [4.69, 9.17) is 9.73 Å². The molecule has 1 saturated carbocycles. The van der Waals surface area contributed by atoms with E-state index in [9.17, 15) is 0 Å². The third kappa shape index (κ3) is 5.21. The van der Waals surface area contributed by atoms with E-state index in [1.54, 1.807) is 0 Å². The maximum Gasteiger partial charge on any atom is 0.191 e. The van der Waals surface area contributed by atoms with Gasteiger partial charge >= 0.3 is 0 Å². The van der Waals surface area contributed by atoms with E-state index in [-0.39, 0.29) is 5.54 Å². The molecule has 2 fully saturated rings. The standard InChI is InChI=1S/C21H34N4O/c1-4-22-20(24-19-14-16(19)2)23-15-21(10-12-26-13-11-21)25-17(3)18-8-6-5-7-9-18/h5-9,16-17,19,25H,4,10-15H2,1-3H3,(H2,22,23,24). The van der Waals surface area contributed by atoms with Crippen molar-refractivity contribution >= 4 is 5.96 Å². The van der Waals surface area contributed by atoms with Crippen molar-refractivity contribution in [3.63, 3.8) is 0 Å². The molecule has 0 aromatic heterocycles. The summed E-state index contributed by atoms with van der Waals surface area (Å²) in [4.78, 5) is 4.95. The summed E-state index contributed by atoms with van der Waals surface area (Å²) < 4.78 is 5.64. The molecular formula is C21H34N4O. The summed E-state index contributed by atoms with van der Waals surface area (Å²) in [5.41, 5.74) is 1.31. The van der Waals surface area contributed by atoms with Crippen molar-refractivity contribution in [2.45, 2.75) is 57.7 Å². The first-order chi connectivity index (χ1) is 12.6. The molecule has 0 spiro atoms. The Hall–Kier alpha value is -1.59. The van der Waals surface area contributed by atoms with Gasteiger partial charge in [0.05, 0.1) is 6.54 Å². The first kappa shape index (κ1) is 19.2. The summed E-state index contributed by atoms with van der Waals surface area (Å²) in [6.45, 7) is 9.89. The number of benzene rings is 1. The van der Waals surface area contributed by atoms with Crippen LogP contribution in [0, 0.1) is 5.92 Å². The number of nitrogens with one attached hydrogen (secondary N) is 3. The number of hydrogen-bond acceptors (Lipinski definition) is 3. The Labute approximate surface area is 158 Å². The van der Waals surface area contributed by atoms with Crippen molar-refractivity contribution in [2.24, 2.45) is 10.9 Å². The first-order valence-corrected chi connectivity index (χ1v) is 10.1. The summed E-state index contributed by atoms with van der Waals surface area (Å²) in [5.74, 6) is 1.70. The lowest BCUT2D eigenvalue weighted by molar-refractivity contribution is 0.0374. The molecule has 5 heteroatoms. The van der Waals surface area contributed by atoms with Crippen LogP contribution in [-0.4, -0.2) is 43.8 Å². The minimum absolute atomic E-state index is 0.00890. The van der Waals surface area contributed by atoms with Crippen molar-refractivity contribution in [3.05, 3.63) is 35.9 Å². The highest BCUT2D eigenvalue weighted by Crippen LogP contribution is 2.29. The Morgan fingerprint density at radius 1 is 1.27 bits per heavy atom. The lowest BCUT2D eigenvalue weighted by Gasteiger charge is -2.39. The van der Waals surface area contributed by atoms with Gasteiger partial charge in [-0.15, -0.1) is 0 Å². The van der Waals surface area contributed by atoms with Crippen molar-refractivity contribution in [1.29, 1.82) is 0 Å². The van der Waals surface area contributed by atoms with Gasteiger partial charge in [0.25, 0.3) is 0 Å². The molecule has 1 aliphatic heterocycles. The molecule has 0 radical (unpaired) electrons. The molecule has 3 unspecified atom stereocenters. The van der Waals surface area contributed by atoms with Gasteiger partial charge in [0.15, 0.2) is 5.96 Å². The summed E-state index contributed by atoms with van der Waals surface area (Å²) in [7, 11) is 0. The predicted molar refractivity (Wildman–Crippen MR) is 107 cm³/mol. The third-order valence-corrected chi connectivity index (χ3v) is 5.59. The van der Waals surface area contributed by atoms with Gasteiger partial charge in [0.2, 0.25) is 0 Å². The number of aliphatic imine (C=N–C) groups is 1. The highest BCUT2D eigenvalue weighted by atomic mass is 16.5. The Bertz CT molecular complexity index is 583. The zero-order chi connectivity index (χ0) is 18.4. The molecule has 144 valence electrons. The quantitative estimate of drug-likeness (QED) is 0.518. The molecule has 1 saturated heterocycles. The number of ether oxygens (including phenoxy) is 1. The molecule has 0 bridgehead atoms. The van der Waals surface area contributed by atoms with Crippen molar-refractivity contribution in [1.82, 2.24) is 16.0 Å². The van der Waals surface area contributed by atoms with Gasteiger partial charge in [-0.3, -0.25) is 4.99 Å². The molecule has 3 N–H and O–H groups in total. The van der Waals surface area contributed by atoms with Crippen LogP contribution in [0.2, 0.25) is 0 Å². The monoisotopic (exact) mass is 358 g/mol. The second-order valence-corrected chi connectivity index (χ2v) is 7.83. The largest absolute Gasteiger partial charge is 0.381 e. The molecule has 3 rings (SSSR count). The summed E-state index contributed by atoms with van der Waals surface area (Å²) in [6.07, 6.45) is 3.23. The van der Waals surface area contributed by atoms with Crippen LogP contribution in [0.3, 0.4) is 0 Å². The maximum absolute atomic E-state index is 5.64. The zero-order valence-electron chi connectivity index (χ0n) is 16.4. The topological polar surface area (TPSA) is 57.7 Å². The van der Waals surface area contributed by atoms with Gasteiger partial charge in [-0.05, 0) is 44.6 Å². The summed E-state index contributed by atoms with van der Waals surface area (Å²) in [5, 5.41) is 10.8. The van der Waals surface area contributed by atoms with Crippen LogP contribution < -0.4 is 16.0 Å². The van der Waals surface area contributed by atoms with E-state index < -0.39 is 0 Å². The minimum Gasteiger partial charge on any atom is -0.381 e. The van der Waals surface area contributed by atoms with E-state index in [1.807, 2.05) is 0 Å². The van der Waals surface area contributed by atoms with Crippen LogP contribution in [0.5, 0.6) is 0 Å². The summed E-state index contributed by atoms with van der Waals surface area (Å²) >= 11 is 0. The second-order valence-electron chi connectivity index (χ2n) is 7.83. The maximum atomic E-state index is 5.64. The average Bonchev–Trinajstić information content (AvgIpc) is 3.36. The fourth-order valence-corrected chi connectivity index (χ4v) is 3.64. The number of nitrogens with zero attached hydrogens (tertiary/aromatic N) is 1. The van der Waals surface area contributed by atoms with Crippen LogP contribution >= 0.6 is 0 Å². The van der Waals surface area contributed by atoms with Gasteiger partial charge in [-0.25, -0.2) is 0 Å². The van der Waals surface area contributed by atoms with Gasteiger partial charge in [0, 0.05) is 37.4 Å². The first-order valence-electron chi connectivity index (χ1n) is 10.1. The van der Waals surface area contributed by atoms with Crippen molar-refractivity contribution < 1.29 is 4.74 Å². The zero-order valence-corrected chi connectivity index (χ0v) is 16.4. The molecular weight excluding hydrogens is 324 g/mol. The molecule has 5 nitrogen and oxygen atoms in total. The Kier molecular flexibility index (Phi) is 6.54. The van der Waals surface area contributed by atoms with E-state index in [1.165, 1.54) is 12.0 Å². The molecule has 1 aliphatic carbocycles. The van der Waals surface area contributed by atoms with Crippen LogP contribution in [-0.2, 0) is 4.74 Å². The number of rotatable bonds is 7. The second kappa shape index (κ2) is 8.87. The number of guanidine groups is 1. The van der Waals surface area contributed by atoms with Crippen molar-refractivity contribution in [2.75, 3.05) is 26.3 Å². The predicted octanol–water partition coefficient (Wildman–Crippen LogP) is 2.85. The van der Waals surface area contributed by atoms with E-state index >= 15 is 0 Å². The van der Waals surface area contributed by atoms with E-state index in [0.29, 0.717) is 12.1 Å². The molecule has 1 aromatic carbocycles. The highest BCUT2D eigenvalue weighted by Gasteiger charge is 2.35. The van der Waals surface area contributed by atoms with E-state index in [0.717, 1.165) is 51.0 Å². The van der Waals surface area contributed by atoms with Crippen molar-refractivity contribution in [3.8, 4) is 0 Å². The fraction of sp³-hybridized carbons (Fsp3) is 0.667. The SMILES string of the molecule is CCNC(=NCC1(NC(C)c2ccccc2)CCOCC1)NC1CC1C. The average molecular weight is 359 g/mol. The van der Waals surface area contributed by atoms with Crippen LogP contribution in [0.4, 0.5) is 0 Å². The summed E-state index contributed by atoms with van der Waals surface area (Å²) in [6, 6.07) is 11.5. The molecule has 1 aromatic rings. The third-order valence-electron chi connectivity index (χ3n) is 5.59. The van der Waals surface area contributed by atoms with Gasteiger partial charge < -0.3 is 20.7 Å². The van der Waals surface area contributed by atoms with Crippen LogP contribution in [0.1, 0.15) is 51.6 Å². The van der Waals surface area contributed by atoms with Crippen LogP contribution in [0.25, 0.3) is 0 Å². The fourth-order valence-electron chi connectivity index (χ4n) is 3.64. The molecule has 26 heavy (non-hydrogen) atoms. The smallest absolute Gasteiger partial charge is 0.191 e. The van der Waals surface area contributed by atoms with Gasteiger partial charge in [-0.2, -0.15) is 0 Å². The highest BCUT2D eigenvalue weighted by molar-refractivity contribution is 5.80. The van der Waals surface area contributed by atoms with Gasteiger partial charge in [-0.1, -0.05) is 37.3 Å². The molecule has 3 atom stereocenters.